The number of pyridine rings is 1. The first-order valence-electron chi connectivity index (χ1n) is 12.0. The third-order valence-corrected chi connectivity index (χ3v) is 6.36. The van der Waals surface area contributed by atoms with E-state index < -0.39 is 35.4 Å². The van der Waals surface area contributed by atoms with E-state index in [9.17, 15) is 27.6 Å². The number of nitrogens with one attached hydrogen (secondary N) is 2. The Labute approximate surface area is 233 Å². The fraction of sp³-hybridized carbons (Fsp3) is 0.154. The van der Waals surface area contributed by atoms with Crippen LogP contribution in [-0.4, -0.2) is 41.8 Å². The van der Waals surface area contributed by atoms with Gasteiger partial charge in [-0.2, -0.15) is 10.1 Å². The number of halogens is 4. The summed E-state index contributed by atoms with van der Waals surface area (Å²) in [5.74, 6) is -5.14. The zero-order valence-corrected chi connectivity index (χ0v) is 22.2. The molecular weight excluding hydrogens is 565 g/mol. The third kappa shape index (κ3) is 5.54. The van der Waals surface area contributed by atoms with E-state index in [0.717, 1.165) is 21.3 Å². The Kier molecular flexibility index (Phi) is 7.32. The van der Waals surface area contributed by atoms with Gasteiger partial charge >= 0.3 is 11.4 Å². The van der Waals surface area contributed by atoms with Crippen molar-refractivity contribution in [2.45, 2.75) is 20.0 Å². The molecule has 0 bridgehead atoms. The number of aromatic nitrogens is 6. The number of hydrogen-bond acceptors (Lipinski definition) is 7. The van der Waals surface area contributed by atoms with Gasteiger partial charge in [0.05, 0.1) is 34.7 Å². The number of amides is 1. The van der Waals surface area contributed by atoms with Gasteiger partial charge in [-0.3, -0.25) is 19.0 Å². The van der Waals surface area contributed by atoms with Crippen LogP contribution in [0, 0.1) is 24.4 Å². The number of hydrogen-bond donors (Lipinski definition) is 2. The van der Waals surface area contributed by atoms with Crippen molar-refractivity contribution in [3.8, 4) is 5.69 Å². The van der Waals surface area contributed by atoms with Gasteiger partial charge in [0, 0.05) is 24.8 Å². The van der Waals surface area contributed by atoms with Crippen molar-refractivity contribution < 1.29 is 18.0 Å². The van der Waals surface area contributed by atoms with Crippen molar-refractivity contribution >= 4 is 40.0 Å². The van der Waals surface area contributed by atoms with Gasteiger partial charge in [-0.1, -0.05) is 11.6 Å². The van der Waals surface area contributed by atoms with Gasteiger partial charge in [0.1, 0.15) is 6.54 Å². The number of benzene rings is 2. The third-order valence-electron chi connectivity index (χ3n) is 6.05. The van der Waals surface area contributed by atoms with Gasteiger partial charge < -0.3 is 10.6 Å². The lowest BCUT2D eigenvalue weighted by molar-refractivity contribution is -0.121. The van der Waals surface area contributed by atoms with Crippen LogP contribution < -0.4 is 22.0 Å². The molecule has 210 valence electrons. The number of nitrogens with zero attached hydrogens (tertiary/aromatic N) is 6. The zero-order valence-electron chi connectivity index (χ0n) is 21.5. The zero-order chi connectivity index (χ0) is 29.4. The van der Waals surface area contributed by atoms with Crippen LogP contribution in [0.3, 0.4) is 0 Å². The molecule has 15 heteroatoms. The number of likely N-dealkylation sites (N-methyl/N-ethyl adjacent to an activating group) is 1. The predicted octanol–water partition coefficient (Wildman–Crippen LogP) is 3.06. The molecule has 2 aromatic carbocycles. The molecule has 3 heterocycles. The highest BCUT2D eigenvalue weighted by molar-refractivity contribution is 6.34. The highest BCUT2D eigenvalue weighted by atomic mass is 35.5. The maximum Gasteiger partial charge on any atom is 0.359 e. The number of carbonyl (C=O) groups excluding carboxylic acids is 1. The van der Waals surface area contributed by atoms with Crippen LogP contribution in [0.25, 0.3) is 16.6 Å². The molecule has 41 heavy (non-hydrogen) atoms. The Balaban J connectivity index is 1.64. The number of rotatable bonds is 7. The second-order valence-corrected chi connectivity index (χ2v) is 9.44. The summed E-state index contributed by atoms with van der Waals surface area (Å²) < 4.78 is 44.7. The van der Waals surface area contributed by atoms with Gasteiger partial charge in [-0.15, -0.1) is 0 Å². The number of anilines is 2. The van der Waals surface area contributed by atoms with E-state index in [2.05, 4.69) is 25.7 Å². The van der Waals surface area contributed by atoms with Crippen LogP contribution in [0.5, 0.6) is 0 Å². The van der Waals surface area contributed by atoms with Gasteiger partial charge in [0.2, 0.25) is 11.9 Å². The van der Waals surface area contributed by atoms with E-state index in [1.807, 2.05) is 0 Å². The van der Waals surface area contributed by atoms with E-state index in [1.54, 1.807) is 19.2 Å². The first-order valence-corrected chi connectivity index (χ1v) is 12.4. The Hall–Kier alpha value is -4.98. The first kappa shape index (κ1) is 27.6. The van der Waals surface area contributed by atoms with E-state index in [1.165, 1.54) is 36.3 Å². The normalized spacial score (nSPS) is 11.2. The van der Waals surface area contributed by atoms with Gasteiger partial charge in [0.25, 0.3) is 0 Å². The summed E-state index contributed by atoms with van der Waals surface area (Å²) in [6.45, 7) is 1.18. The Morgan fingerprint density at radius 1 is 1.05 bits per heavy atom. The minimum Gasteiger partial charge on any atom is -0.358 e. The summed E-state index contributed by atoms with van der Waals surface area (Å²) in [6.07, 6.45) is 4.40. The van der Waals surface area contributed by atoms with E-state index in [-0.39, 0.29) is 40.4 Å². The lowest BCUT2D eigenvalue weighted by Gasteiger charge is -2.16. The van der Waals surface area contributed by atoms with Crippen LogP contribution in [-0.2, 0) is 17.9 Å². The molecule has 5 aromatic rings. The topological polar surface area (TPSA) is 129 Å². The molecular formula is C26H20ClF3N8O3. The van der Waals surface area contributed by atoms with Crippen molar-refractivity contribution in [3.05, 3.63) is 103 Å². The van der Waals surface area contributed by atoms with Crippen LogP contribution in [0.1, 0.15) is 11.1 Å². The standard InChI is InChI=1S/C26H20ClF3N8O3/c1-13-3-16(9-32-8-13)38-25(40)34-24(37(26(38)41)10-14-4-18(28)23(30)19(29)5-14)33-21-6-15-11-36(12-22(39)31-2)35-20(15)7-17(21)27/h3-9,11H,10,12H2,1-2H3,(H,31,39)(H,33,34,40). The molecule has 3 aromatic heterocycles. The molecule has 11 nitrogen and oxygen atoms in total. The maximum atomic E-state index is 14.0. The van der Waals surface area contributed by atoms with Crippen LogP contribution in [0.15, 0.2) is 58.5 Å². The maximum absolute atomic E-state index is 14.0. The summed E-state index contributed by atoms with van der Waals surface area (Å²) in [5.41, 5.74) is -0.541. The highest BCUT2D eigenvalue weighted by Crippen LogP contribution is 2.29. The molecule has 0 aliphatic rings. The second-order valence-electron chi connectivity index (χ2n) is 9.03. The van der Waals surface area contributed by atoms with Gasteiger partial charge in [-0.25, -0.2) is 27.3 Å². The molecule has 5 rings (SSSR count). The first-order chi connectivity index (χ1) is 19.5. The molecule has 0 spiro atoms. The Morgan fingerprint density at radius 3 is 2.46 bits per heavy atom. The summed E-state index contributed by atoms with van der Waals surface area (Å²) in [4.78, 5) is 46.5. The number of fused-ring (bicyclic) bond motifs is 1. The summed E-state index contributed by atoms with van der Waals surface area (Å²) in [5, 5.41) is 10.3. The fourth-order valence-corrected chi connectivity index (χ4v) is 4.32. The lowest BCUT2D eigenvalue weighted by atomic mass is 10.2. The molecule has 0 saturated carbocycles. The van der Waals surface area contributed by atoms with Crippen molar-refractivity contribution in [3.63, 3.8) is 0 Å². The quantitative estimate of drug-likeness (QED) is 0.281. The van der Waals surface area contributed by atoms with Crippen LogP contribution in [0.2, 0.25) is 5.02 Å². The average Bonchev–Trinajstić information content (AvgIpc) is 3.30. The summed E-state index contributed by atoms with van der Waals surface area (Å²) in [6, 6.07) is 6.07. The number of aryl methyl sites for hydroxylation is 1. The Morgan fingerprint density at radius 2 is 1.78 bits per heavy atom. The molecule has 0 saturated heterocycles. The molecule has 0 radical (unpaired) electrons. The second kappa shape index (κ2) is 10.9. The largest absolute Gasteiger partial charge is 0.359 e. The summed E-state index contributed by atoms with van der Waals surface area (Å²) in [7, 11) is 1.50. The molecule has 0 aliphatic heterocycles. The van der Waals surface area contributed by atoms with E-state index in [0.29, 0.717) is 16.5 Å². The summed E-state index contributed by atoms with van der Waals surface area (Å²) >= 11 is 6.45. The average molecular weight is 585 g/mol. The van der Waals surface area contributed by atoms with Crippen LogP contribution >= 0.6 is 11.6 Å². The van der Waals surface area contributed by atoms with Gasteiger partial charge in [0.15, 0.2) is 17.5 Å². The molecule has 2 N–H and O–H groups in total. The van der Waals surface area contributed by atoms with Crippen molar-refractivity contribution in [1.29, 1.82) is 0 Å². The van der Waals surface area contributed by atoms with E-state index in [4.69, 9.17) is 11.6 Å². The van der Waals surface area contributed by atoms with E-state index >= 15 is 0 Å². The molecule has 0 atom stereocenters. The van der Waals surface area contributed by atoms with Gasteiger partial charge in [-0.05, 0) is 48.4 Å². The minimum absolute atomic E-state index is 0.0382. The number of carbonyl (C=O) groups is 1. The lowest BCUT2D eigenvalue weighted by Crippen LogP contribution is -2.41. The molecule has 0 aliphatic carbocycles. The fourth-order valence-electron chi connectivity index (χ4n) is 4.12. The minimum atomic E-state index is -1.66. The predicted molar refractivity (Wildman–Crippen MR) is 144 cm³/mol. The van der Waals surface area contributed by atoms with Crippen molar-refractivity contribution in [1.82, 2.24) is 34.2 Å². The molecule has 1 amide bonds. The smallest absolute Gasteiger partial charge is 0.358 e. The highest BCUT2D eigenvalue weighted by Gasteiger charge is 2.19. The molecule has 0 fully saturated rings. The van der Waals surface area contributed by atoms with Crippen molar-refractivity contribution in [2.75, 3.05) is 12.4 Å². The monoisotopic (exact) mass is 584 g/mol. The van der Waals surface area contributed by atoms with Crippen LogP contribution in [0.4, 0.5) is 24.8 Å². The van der Waals surface area contributed by atoms with Crippen molar-refractivity contribution in [2.24, 2.45) is 0 Å². The SMILES string of the molecule is CNC(=O)Cn1cc2cc(Nc3nc(=O)n(-c4cncc(C)c4)c(=O)n3Cc3cc(F)c(F)c(F)c3)c(Cl)cc2n1. The molecule has 0 unspecified atom stereocenters. The Bertz CT molecular complexity index is 1930.